The highest BCUT2D eigenvalue weighted by molar-refractivity contribution is 7.79. The van der Waals surface area contributed by atoms with Crippen molar-refractivity contribution < 1.29 is 8.76 Å². The third-order valence-corrected chi connectivity index (χ3v) is 2.89. The van der Waals surface area contributed by atoms with Crippen LogP contribution in [0.15, 0.2) is 34.5 Å². The minimum absolute atomic E-state index is 0.386. The van der Waals surface area contributed by atoms with Gasteiger partial charge in [-0.1, -0.05) is 16.6 Å². The van der Waals surface area contributed by atoms with Crippen molar-refractivity contribution >= 4 is 22.6 Å². The van der Waals surface area contributed by atoms with Gasteiger partial charge in [-0.25, -0.2) is 4.21 Å². The zero-order chi connectivity index (χ0) is 9.97. The highest BCUT2D eigenvalue weighted by Gasteiger charge is 2.02. The monoisotopic (exact) mass is 226 g/mol. The van der Waals surface area contributed by atoms with Crippen LogP contribution in [-0.2, 0) is 11.1 Å². The number of aromatic nitrogens is 2. The predicted octanol–water partition coefficient (Wildman–Crippen LogP) is 1.79. The molecule has 1 unspecified atom stereocenters. The normalized spacial score (nSPS) is 12.6. The molecule has 1 heterocycles. The summed E-state index contributed by atoms with van der Waals surface area (Å²) in [5.74, 6) is 0. The second-order valence-electron chi connectivity index (χ2n) is 2.56. The highest BCUT2D eigenvalue weighted by atomic mass is 32.2. The second-order valence-corrected chi connectivity index (χ2v) is 4.14. The second kappa shape index (κ2) is 3.95. The molecule has 0 saturated heterocycles. The van der Waals surface area contributed by atoms with Crippen molar-refractivity contribution in [3.63, 3.8) is 0 Å². The average Bonchev–Trinajstić information content (AvgIpc) is 2.71. The molecule has 1 aromatic heterocycles. The minimum atomic E-state index is -1.92. The molecule has 0 fully saturated rings. The van der Waals surface area contributed by atoms with Crippen LogP contribution in [0, 0.1) is 0 Å². The Morgan fingerprint density at radius 3 is 2.50 bits per heavy atom. The summed E-state index contributed by atoms with van der Waals surface area (Å²) in [6, 6.07) is 6.70. The first-order valence-corrected chi connectivity index (χ1v) is 5.70. The molecule has 2 rings (SSSR count). The van der Waals surface area contributed by atoms with Gasteiger partial charge in [-0.05, 0) is 23.7 Å². The van der Waals surface area contributed by atoms with E-state index in [9.17, 15) is 4.21 Å². The molecular formula is C8H6N2O2S2. The van der Waals surface area contributed by atoms with Crippen molar-refractivity contribution in [3.05, 3.63) is 29.6 Å². The molecule has 6 heteroatoms. The van der Waals surface area contributed by atoms with E-state index in [1.165, 1.54) is 11.5 Å². The Labute approximate surface area is 87.1 Å². The van der Waals surface area contributed by atoms with Crippen LogP contribution in [0.5, 0.6) is 0 Å². The van der Waals surface area contributed by atoms with Crippen molar-refractivity contribution in [2.75, 3.05) is 0 Å². The van der Waals surface area contributed by atoms with E-state index in [1.54, 1.807) is 24.3 Å². The van der Waals surface area contributed by atoms with Crippen molar-refractivity contribution in [1.82, 2.24) is 9.59 Å². The molecule has 0 saturated carbocycles. The number of hydrogen-bond acceptors (Lipinski definition) is 4. The molecule has 0 bridgehead atoms. The van der Waals surface area contributed by atoms with Gasteiger partial charge in [-0.2, -0.15) is 0 Å². The Hall–Kier alpha value is -1.11. The SMILES string of the molecule is O=S(O)c1ccc(-c2csnn2)cc1. The predicted molar refractivity (Wildman–Crippen MR) is 54.4 cm³/mol. The molecule has 72 valence electrons. The van der Waals surface area contributed by atoms with Gasteiger partial charge in [0.15, 0.2) is 11.1 Å². The van der Waals surface area contributed by atoms with Gasteiger partial charge in [0.25, 0.3) is 0 Å². The van der Waals surface area contributed by atoms with Gasteiger partial charge in [0.05, 0.1) is 4.90 Å². The number of hydrogen-bond donors (Lipinski definition) is 1. The lowest BCUT2D eigenvalue weighted by Crippen LogP contribution is -1.87. The molecular weight excluding hydrogens is 220 g/mol. The third-order valence-electron chi connectivity index (χ3n) is 1.71. The van der Waals surface area contributed by atoms with Gasteiger partial charge in [0, 0.05) is 10.9 Å². The van der Waals surface area contributed by atoms with E-state index in [0.717, 1.165) is 11.3 Å². The summed E-state index contributed by atoms with van der Waals surface area (Å²) in [5, 5.41) is 5.72. The Bertz CT molecular complexity index is 439. The summed E-state index contributed by atoms with van der Waals surface area (Å²) < 4.78 is 23.2. The van der Waals surface area contributed by atoms with Crippen LogP contribution >= 0.6 is 11.5 Å². The van der Waals surface area contributed by atoms with Gasteiger partial charge in [0.1, 0.15) is 5.69 Å². The minimum Gasteiger partial charge on any atom is -0.302 e. The van der Waals surface area contributed by atoms with E-state index in [1.807, 2.05) is 5.38 Å². The molecule has 0 aliphatic carbocycles. The van der Waals surface area contributed by atoms with Crippen molar-refractivity contribution in [2.45, 2.75) is 4.90 Å². The van der Waals surface area contributed by atoms with Crippen LogP contribution in [0.25, 0.3) is 11.3 Å². The third kappa shape index (κ3) is 1.87. The molecule has 0 radical (unpaired) electrons. The molecule has 0 aliphatic rings. The van der Waals surface area contributed by atoms with Gasteiger partial charge in [-0.3, -0.25) is 0 Å². The molecule has 4 nitrogen and oxygen atoms in total. The fourth-order valence-electron chi connectivity index (χ4n) is 1.03. The van der Waals surface area contributed by atoms with Crippen LogP contribution in [0.3, 0.4) is 0 Å². The largest absolute Gasteiger partial charge is 0.302 e. The highest BCUT2D eigenvalue weighted by Crippen LogP contribution is 2.18. The first-order valence-electron chi connectivity index (χ1n) is 3.76. The smallest absolute Gasteiger partial charge is 0.186 e. The lowest BCUT2D eigenvalue weighted by atomic mass is 10.2. The average molecular weight is 226 g/mol. The van der Waals surface area contributed by atoms with E-state index < -0.39 is 11.1 Å². The molecule has 0 aliphatic heterocycles. The Morgan fingerprint density at radius 2 is 2.00 bits per heavy atom. The molecule has 0 spiro atoms. The van der Waals surface area contributed by atoms with E-state index in [2.05, 4.69) is 9.59 Å². The summed E-state index contributed by atoms with van der Waals surface area (Å²) in [4.78, 5) is 0.386. The van der Waals surface area contributed by atoms with Crippen molar-refractivity contribution in [2.24, 2.45) is 0 Å². The lowest BCUT2D eigenvalue weighted by molar-refractivity contribution is 0.564. The maximum atomic E-state index is 10.7. The molecule has 1 atom stereocenters. The molecule has 2 aromatic rings. The number of nitrogens with zero attached hydrogens (tertiary/aromatic N) is 2. The van der Waals surface area contributed by atoms with E-state index in [0.29, 0.717) is 4.90 Å². The molecule has 1 aromatic carbocycles. The molecule has 0 amide bonds. The first kappa shape index (κ1) is 9.45. The van der Waals surface area contributed by atoms with Crippen molar-refractivity contribution in [3.8, 4) is 11.3 Å². The summed E-state index contributed by atoms with van der Waals surface area (Å²) in [5.41, 5.74) is 1.68. The van der Waals surface area contributed by atoms with E-state index in [4.69, 9.17) is 4.55 Å². The maximum Gasteiger partial charge on any atom is 0.186 e. The van der Waals surface area contributed by atoms with Crippen LogP contribution < -0.4 is 0 Å². The number of rotatable bonds is 2. The maximum absolute atomic E-state index is 10.7. The quantitative estimate of drug-likeness (QED) is 0.793. The van der Waals surface area contributed by atoms with Crippen molar-refractivity contribution in [1.29, 1.82) is 0 Å². The van der Waals surface area contributed by atoms with Crippen LogP contribution in [0.4, 0.5) is 0 Å². The van der Waals surface area contributed by atoms with Gasteiger partial charge in [-0.15, -0.1) is 5.10 Å². The summed E-state index contributed by atoms with van der Waals surface area (Å²) >= 11 is -0.643. The zero-order valence-corrected chi connectivity index (χ0v) is 8.59. The Balaban J connectivity index is 2.36. The van der Waals surface area contributed by atoms with Crippen LogP contribution in [0.1, 0.15) is 0 Å². The Kier molecular flexibility index (Phi) is 2.67. The standard InChI is InChI=1S/C8H6N2O2S2/c11-14(12)7-3-1-6(2-4-7)8-5-13-10-9-8/h1-5H,(H,11,12). The fourth-order valence-corrected chi connectivity index (χ4v) is 1.87. The van der Waals surface area contributed by atoms with E-state index in [-0.39, 0.29) is 0 Å². The van der Waals surface area contributed by atoms with Crippen LogP contribution in [0.2, 0.25) is 0 Å². The van der Waals surface area contributed by atoms with Gasteiger partial charge >= 0.3 is 0 Å². The topological polar surface area (TPSA) is 63.1 Å². The lowest BCUT2D eigenvalue weighted by Gasteiger charge is -1.96. The fraction of sp³-hybridized carbons (Fsp3) is 0. The molecule has 1 N–H and O–H groups in total. The summed E-state index contributed by atoms with van der Waals surface area (Å²) in [6.07, 6.45) is 0. The van der Waals surface area contributed by atoms with E-state index >= 15 is 0 Å². The summed E-state index contributed by atoms with van der Waals surface area (Å²) in [7, 11) is 0. The zero-order valence-electron chi connectivity index (χ0n) is 6.95. The van der Waals surface area contributed by atoms with Crippen LogP contribution in [-0.4, -0.2) is 18.3 Å². The summed E-state index contributed by atoms with van der Waals surface area (Å²) in [6.45, 7) is 0. The number of benzene rings is 1. The van der Waals surface area contributed by atoms with Gasteiger partial charge < -0.3 is 4.55 Å². The molecule has 14 heavy (non-hydrogen) atoms. The van der Waals surface area contributed by atoms with Gasteiger partial charge in [0.2, 0.25) is 0 Å². The first-order chi connectivity index (χ1) is 6.77. The Morgan fingerprint density at radius 1 is 1.29 bits per heavy atom.